The van der Waals surface area contributed by atoms with Crippen LogP contribution in [0.2, 0.25) is 0 Å². The third kappa shape index (κ3) is 2.24. The summed E-state index contributed by atoms with van der Waals surface area (Å²) >= 11 is 0. The van der Waals surface area contributed by atoms with Crippen molar-refractivity contribution in [3.8, 4) is 0 Å². The quantitative estimate of drug-likeness (QED) is 0.779. The van der Waals surface area contributed by atoms with E-state index in [9.17, 15) is 4.79 Å². The van der Waals surface area contributed by atoms with E-state index in [1.165, 1.54) is 0 Å². The summed E-state index contributed by atoms with van der Waals surface area (Å²) in [5.41, 5.74) is 6.16. The normalized spacial score (nSPS) is 17.8. The van der Waals surface area contributed by atoms with Crippen LogP contribution in [0.15, 0.2) is 12.5 Å². The van der Waals surface area contributed by atoms with Crippen LogP contribution in [0, 0.1) is 5.92 Å². The van der Waals surface area contributed by atoms with Gasteiger partial charge in [0.1, 0.15) is 5.69 Å². The molecule has 0 bridgehead atoms. The third-order valence-electron chi connectivity index (χ3n) is 3.16. The van der Waals surface area contributed by atoms with Gasteiger partial charge in [-0.05, 0) is 25.3 Å². The molecule has 1 saturated heterocycles. The van der Waals surface area contributed by atoms with E-state index >= 15 is 0 Å². The van der Waals surface area contributed by atoms with Crippen molar-refractivity contribution in [3.05, 3.63) is 18.2 Å². The Balaban J connectivity index is 1.96. The topological polar surface area (TPSA) is 64.2 Å². The largest absolute Gasteiger partial charge is 0.340 e. The molecule has 1 amide bonds. The molecule has 0 unspecified atom stereocenters. The van der Waals surface area contributed by atoms with E-state index in [0.29, 0.717) is 11.6 Å². The molecular weight excluding hydrogens is 204 g/mol. The van der Waals surface area contributed by atoms with Crippen LogP contribution in [0.1, 0.15) is 23.3 Å². The number of amides is 1. The number of rotatable bonds is 2. The van der Waals surface area contributed by atoms with Crippen LogP contribution in [0.5, 0.6) is 0 Å². The van der Waals surface area contributed by atoms with Crippen LogP contribution in [-0.2, 0) is 7.05 Å². The lowest BCUT2D eigenvalue weighted by Gasteiger charge is -2.30. The fourth-order valence-corrected chi connectivity index (χ4v) is 2.06. The van der Waals surface area contributed by atoms with E-state index in [2.05, 4.69) is 4.98 Å². The van der Waals surface area contributed by atoms with Crippen LogP contribution in [0.25, 0.3) is 0 Å². The molecule has 1 fully saturated rings. The first-order chi connectivity index (χ1) is 7.70. The van der Waals surface area contributed by atoms with Crippen LogP contribution >= 0.6 is 0 Å². The molecule has 0 radical (unpaired) electrons. The molecule has 1 aromatic heterocycles. The first-order valence-electron chi connectivity index (χ1n) is 5.68. The van der Waals surface area contributed by atoms with Gasteiger partial charge in [-0.15, -0.1) is 0 Å². The summed E-state index contributed by atoms with van der Waals surface area (Å²) in [6.07, 6.45) is 5.43. The summed E-state index contributed by atoms with van der Waals surface area (Å²) in [6.45, 7) is 2.33. The van der Waals surface area contributed by atoms with E-state index in [1.54, 1.807) is 17.1 Å². The lowest BCUT2D eigenvalue weighted by Crippen LogP contribution is -2.40. The Labute approximate surface area is 95.2 Å². The Morgan fingerprint density at radius 3 is 2.75 bits per heavy atom. The summed E-state index contributed by atoms with van der Waals surface area (Å²) < 4.78 is 1.79. The first-order valence-corrected chi connectivity index (χ1v) is 5.68. The minimum atomic E-state index is 0.0380. The molecule has 1 aromatic rings. The van der Waals surface area contributed by atoms with E-state index in [0.717, 1.165) is 32.5 Å². The van der Waals surface area contributed by atoms with Crippen molar-refractivity contribution in [3.63, 3.8) is 0 Å². The summed E-state index contributed by atoms with van der Waals surface area (Å²) in [4.78, 5) is 18.0. The molecule has 1 aliphatic rings. The van der Waals surface area contributed by atoms with Gasteiger partial charge < -0.3 is 15.2 Å². The Morgan fingerprint density at radius 2 is 2.25 bits per heavy atom. The number of aromatic nitrogens is 2. The molecule has 88 valence electrons. The van der Waals surface area contributed by atoms with Crippen LogP contribution < -0.4 is 5.73 Å². The van der Waals surface area contributed by atoms with Crippen molar-refractivity contribution in [2.24, 2.45) is 18.7 Å². The average molecular weight is 222 g/mol. The first kappa shape index (κ1) is 11.1. The molecule has 0 saturated carbocycles. The predicted molar refractivity (Wildman–Crippen MR) is 60.9 cm³/mol. The maximum atomic E-state index is 12.0. The van der Waals surface area contributed by atoms with Gasteiger partial charge in [0.25, 0.3) is 5.91 Å². The zero-order valence-electron chi connectivity index (χ0n) is 9.59. The van der Waals surface area contributed by atoms with E-state index in [4.69, 9.17) is 5.73 Å². The summed E-state index contributed by atoms with van der Waals surface area (Å²) in [5, 5.41) is 0. The SMILES string of the molecule is Cn1cnc(C(=O)N2CCC(CN)CC2)c1. The molecule has 0 aliphatic carbocycles. The maximum absolute atomic E-state index is 12.0. The minimum Gasteiger partial charge on any atom is -0.340 e. The number of carbonyl (C=O) groups excluding carboxylic acids is 1. The van der Waals surface area contributed by atoms with E-state index in [-0.39, 0.29) is 5.91 Å². The van der Waals surface area contributed by atoms with Crippen molar-refractivity contribution >= 4 is 5.91 Å². The molecule has 5 heteroatoms. The van der Waals surface area contributed by atoms with Gasteiger partial charge in [0, 0.05) is 26.3 Å². The van der Waals surface area contributed by atoms with Crippen molar-refractivity contribution in [1.82, 2.24) is 14.5 Å². The maximum Gasteiger partial charge on any atom is 0.274 e. The van der Waals surface area contributed by atoms with Crippen LogP contribution in [-0.4, -0.2) is 40.0 Å². The zero-order valence-corrected chi connectivity index (χ0v) is 9.59. The lowest BCUT2D eigenvalue weighted by molar-refractivity contribution is 0.0688. The number of likely N-dealkylation sites (tertiary alicyclic amines) is 1. The molecule has 0 spiro atoms. The number of nitrogens with zero attached hydrogens (tertiary/aromatic N) is 3. The second-order valence-electron chi connectivity index (χ2n) is 4.40. The van der Waals surface area contributed by atoms with Gasteiger partial charge in [-0.3, -0.25) is 4.79 Å². The Bertz CT molecular complexity index is 366. The summed E-state index contributed by atoms with van der Waals surface area (Å²) in [7, 11) is 1.87. The lowest BCUT2D eigenvalue weighted by atomic mass is 9.97. The van der Waals surface area contributed by atoms with Crippen LogP contribution in [0.3, 0.4) is 0 Å². The molecule has 2 heterocycles. The molecule has 2 N–H and O–H groups in total. The summed E-state index contributed by atoms with van der Waals surface area (Å²) in [6, 6.07) is 0. The van der Waals surface area contributed by atoms with Gasteiger partial charge in [0.15, 0.2) is 0 Å². The standard InChI is InChI=1S/C11H18N4O/c1-14-7-10(13-8-14)11(16)15-4-2-9(6-12)3-5-15/h7-9H,2-6,12H2,1H3. The molecule has 0 aromatic carbocycles. The van der Waals surface area contributed by atoms with Gasteiger partial charge in [-0.25, -0.2) is 4.98 Å². The van der Waals surface area contributed by atoms with Gasteiger partial charge in [0.2, 0.25) is 0 Å². The Morgan fingerprint density at radius 1 is 1.56 bits per heavy atom. The van der Waals surface area contributed by atoms with Gasteiger partial charge in [-0.2, -0.15) is 0 Å². The van der Waals surface area contributed by atoms with Crippen molar-refractivity contribution in [2.45, 2.75) is 12.8 Å². The molecule has 2 rings (SSSR count). The number of aryl methyl sites for hydroxylation is 1. The smallest absolute Gasteiger partial charge is 0.274 e. The van der Waals surface area contributed by atoms with Gasteiger partial charge in [0.05, 0.1) is 6.33 Å². The number of hydrogen-bond acceptors (Lipinski definition) is 3. The molecule has 0 atom stereocenters. The zero-order chi connectivity index (χ0) is 11.5. The molecule has 16 heavy (non-hydrogen) atoms. The number of piperidine rings is 1. The van der Waals surface area contributed by atoms with E-state index in [1.807, 2.05) is 11.9 Å². The van der Waals surface area contributed by atoms with E-state index < -0.39 is 0 Å². The number of carbonyl (C=O) groups is 1. The highest BCUT2D eigenvalue weighted by Crippen LogP contribution is 2.17. The number of hydrogen-bond donors (Lipinski definition) is 1. The fourth-order valence-electron chi connectivity index (χ4n) is 2.06. The molecule has 1 aliphatic heterocycles. The number of nitrogens with two attached hydrogens (primary N) is 1. The van der Waals surface area contributed by atoms with Crippen molar-refractivity contribution in [1.29, 1.82) is 0 Å². The van der Waals surface area contributed by atoms with Gasteiger partial charge in [-0.1, -0.05) is 0 Å². The monoisotopic (exact) mass is 222 g/mol. The Hall–Kier alpha value is -1.36. The second kappa shape index (κ2) is 4.65. The van der Waals surface area contributed by atoms with Crippen LogP contribution in [0.4, 0.5) is 0 Å². The fraction of sp³-hybridized carbons (Fsp3) is 0.636. The molecular formula is C11H18N4O. The van der Waals surface area contributed by atoms with Gasteiger partial charge >= 0.3 is 0 Å². The third-order valence-corrected chi connectivity index (χ3v) is 3.16. The highest BCUT2D eigenvalue weighted by molar-refractivity contribution is 5.92. The van der Waals surface area contributed by atoms with Crippen molar-refractivity contribution < 1.29 is 4.79 Å². The highest BCUT2D eigenvalue weighted by atomic mass is 16.2. The summed E-state index contributed by atoms with van der Waals surface area (Å²) in [5.74, 6) is 0.615. The minimum absolute atomic E-state index is 0.0380. The highest BCUT2D eigenvalue weighted by Gasteiger charge is 2.23. The van der Waals surface area contributed by atoms with Crippen molar-refractivity contribution in [2.75, 3.05) is 19.6 Å². The number of imidazole rings is 1. The molecule has 5 nitrogen and oxygen atoms in total. The second-order valence-corrected chi connectivity index (χ2v) is 4.40. The average Bonchev–Trinajstić information content (AvgIpc) is 2.75. The Kier molecular flexibility index (Phi) is 3.24. The predicted octanol–water partition coefficient (Wildman–Crippen LogP) is 0.231.